The van der Waals surface area contributed by atoms with Crippen LogP contribution in [-0.2, 0) is 4.74 Å². The molecule has 7 heteroatoms. The van der Waals surface area contributed by atoms with Gasteiger partial charge < -0.3 is 15.0 Å². The largest absolute Gasteiger partial charge is 0.451 e. The van der Waals surface area contributed by atoms with Crippen LogP contribution in [0.1, 0.15) is 39.5 Å². The van der Waals surface area contributed by atoms with Crippen molar-refractivity contribution in [2.45, 2.75) is 45.6 Å². The molecule has 0 aromatic carbocycles. The molecule has 0 aliphatic heterocycles. The number of nitrogens with one attached hydrogen (secondary N) is 1. The maximum Gasteiger partial charge on any atom is 0.436 e. The van der Waals surface area contributed by atoms with Gasteiger partial charge >= 0.3 is 12.1 Å². The molecule has 3 unspecified atom stereocenters. The summed E-state index contributed by atoms with van der Waals surface area (Å²) < 4.78 is 4.61. The molecular formula is C16H28N4O3. The van der Waals surface area contributed by atoms with E-state index in [9.17, 15) is 9.59 Å². The van der Waals surface area contributed by atoms with E-state index in [4.69, 9.17) is 0 Å². The van der Waals surface area contributed by atoms with Gasteiger partial charge in [0.1, 0.15) is 0 Å². The van der Waals surface area contributed by atoms with E-state index in [1.54, 1.807) is 7.05 Å². The van der Waals surface area contributed by atoms with E-state index >= 15 is 0 Å². The zero-order chi connectivity index (χ0) is 17.0. The maximum absolute atomic E-state index is 12.6. The smallest absolute Gasteiger partial charge is 0.436 e. The number of nitrogens with zero attached hydrogens (tertiary/aromatic N) is 3. The third kappa shape index (κ3) is 3.95. The molecule has 0 aromatic heterocycles. The van der Waals surface area contributed by atoms with Crippen molar-refractivity contribution in [3.05, 3.63) is 0 Å². The lowest BCUT2D eigenvalue weighted by molar-refractivity contribution is 0.181. The van der Waals surface area contributed by atoms with Crippen molar-refractivity contribution in [1.82, 2.24) is 15.1 Å². The van der Waals surface area contributed by atoms with Gasteiger partial charge in [-0.2, -0.15) is 0 Å². The topological polar surface area (TPSA) is 74.2 Å². The molecule has 3 atom stereocenters. The average molecular weight is 324 g/mol. The van der Waals surface area contributed by atoms with E-state index in [-0.39, 0.29) is 12.1 Å². The van der Waals surface area contributed by atoms with Gasteiger partial charge in [-0.15, -0.1) is 4.99 Å². The van der Waals surface area contributed by atoms with Gasteiger partial charge in [-0.25, -0.2) is 9.59 Å². The molecule has 23 heavy (non-hydrogen) atoms. The molecule has 1 N–H and O–H groups in total. The Kier molecular flexibility index (Phi) is 5.85. The van der Waals surface area contributed by atoms with Gasteiger partial charge in [-0.1, -0.05) is 6.42 Å². The van der Waals surface area contributed by atoms with E-state index < -0.39 is 6.09 Å². The first-order chi connectivity index (χ1) is 11.0. The molecule has 2 aliphatic rings. The number of hydrogen-bond acceptors (Lipinski definition) is 3. The number of methoxy groups -OCH3 is 1. The molecule has 0 saturated heterocycles. The molecule has 2 bridgehead atoms. The summed E-state index contributed by atoms with van der Waals surface area (Å²) in [5, 5.41) is 3.11. The number of amides is 3. The molecule has 2 rings (SSSR count). The molecule has 0 aromatic rings. The third-order valence-electron chi connectivity index (χ3n) is 5.06. The number of hydrogen-bond donors (Lipinski definition) is 1. The third-order valence-corrected chi connectivity index (χ3v) is 5.06. The summed E-state index contributed by atoms with van der Waals surface area (Å²) in [4.78, 5) is 31.3. The number of aliphatic imine (C=N–C) groups is 1. The summed E-state index contributed by atoms with van der Waals surface area (Å²) >= 11 is 0. The molecule has 7 nitrogen and oxygen atoms in total. The molecule has 3 amide bonds. The van der Waals surface area contributed by atoms with Gasteiger partial charge in [0.2, 0.25) is 5.96 Å². The van der Waals surface area contributed by atoms with Crippen molar-refractivity contribution in [3.63, 3.8) is 0 Å². The van der Waals surface area contributed by atoms with Crippen LogP contribution in [0.4, 0.5) is 9.59 Å². The van der Waals surface area contributed by atoms with Gasteiger partial charge in [0.25, 0.3) is 0 Å². The molecule has 0 spiro atoms. The van der Waals surface area contributed by atoms with Gasteiger partial charge in [-0.3, -0.25) is 4.90 Å². The highest BCUT2D eigenvalue weighted by atomic mass is 16.5. The maximum atomic E-state index is 12.6. The SMILES string of the molecule is CCN(CC)C(=NC(=O)OC)N(C)C(=O)NC1CC2CCC1C2. The first-order valence-electron chi connectivity index (χ1n) is 8.45. The van der Waals surface area contributed by atoms with Crippen molar-refractivity contribution < 1.29 is 14.3 Å². The second-order valence-corrected chi connectivity index (χ2v) is 6.34. The Labute approximate surface area is 138 Å². The summed E-state index contributed by atoms with van der Waals surface area (Å²) in [6.45, 7) is 5.21. The summed E-state index contributed by atoms with van der Waals surface area (Å²) in [7, 11) is 2.92. The zero-order valence-electron chi connectivity index (χ0n) is 14.5. The monoisotopic (exact) mass is 324 g/mol. The highest BCUT2D eigenvalue weighted by Gasteiger charge is 2.40. The van der Waals surface area contributed by atoms with E-state index in [0.29, 0.717) is 25.0 Å². The van der Waals surface area contributed by atoms with Crippen LogP contribution in [0.5, 0.6) is 0 Å². The van der Waals surface area contributed by atoms with Crippen LogP contribution in [-0.4, -0.2) is 61.2 Å². The van der Waals surface area contributed by atoms with Crippen LogP contribution in [0.15, 0.2) is 4.99 Å². The number of carbonyl (C=O) groups is 2. The molecule has 130 valence electrons. The lowest BCUT2D eigenvalue weighted by Crippen LogP contribution is -2.52. The quantitative estimate of drug-likeness (QED) is 0.638. The van der Waals surface area contributed by atoms with Crippen LogP contribution in [0.25, 0.3) is 0 Å². The number of fused-ring (bicyclic) bond motifs is 2. The molecule has 0 radical (unpaired) electrons. The number of ether oxygens (including phenoxy) is 1. The highest BCUT2D eigenvalue weighted by molar-refractivity contribution is 6.00. The van der Waals surface area contributed by atoms with Crippen molar-refractivity contribution in [2.75, 3.05) is 27.2 Å². The molecule has 2 fully saturated rings. The molecule has 0 heterocycles. The lowest BCUT2D eigenvalue weighted by Gasteiger charge is -2.31. The predicted molar refractivity (Wildman–Crippen MR) is 88.3 cm³/mol. The van der Waals surface area contributed by atoms with E-state index in [0.717, 1.165) is 12.3 Å². The fourth-order valence-electron chi connectivity index (χ4n) is 3.76. The second-order valence-electron chi connectivity index (χ2n) is 6.34. The highest BCUT2D eigenvalue weighted by Crippen LogP contribution is 2.44. The first kappa shape index (κ1) is 17.6. The normalized spacial score (nSPS) is 26.1. The number of urea groups is 1. The van der Waals surface area contributed by atoms with Crippen LogP contribution >= 0.6 is 0 Å². The Morgan fingerprint density at radius 3 is 2.39 bits per heavy atom. The zero-order valence-corrected chi connectivity index (χ0v) is 14.5. The van der Waals surface area contributed by atoms with Crippen LogP contribution in [0.3, 0.4) is 0 Å². The van der Waals surface area contributed by atoms with Crippen molar-refractivity contribution in [2.24, 2.45) is 16.8 Å². The minimum absolute atomic E-state index is 0.211. The average Bonchev–Trinajstić information content (AvgIpc) is 3.16. The summed E-state index contributed by atoms with van der Waals surface area (Å²) in [5.41, 5.74) is 0. The van der Waals surface area contributed by atoms with Gasteiger partial charge in [0.15, 0.2) is 0 Å². The van der Waals surface area contributed by atoms with Crippen LogP contribution in [0, 0.1) is 11.8 Å². The molecule has 2 saturated carbocycles. The van der Waals surface area contributed by atoms with Crippen molar-refractivity contribution in [3.8, 4) is 0 Å². The summed E-state index contributed by atoms with van der Waals surface area (Å²) in [6, 6.07) is 0.0388. The van der Waals surface area contributed by atoms with Crippen molar-refractivity contribution >= 4 is 18.1 Å². The number of rotatable bonds is 3. The Morgan fingerprint density at radius 2 is 1.91 bits per heavy atom. The van der Waals surface area contributed by atoms with E-state index in [1.165, 1.54) is 31.3 Å². The lowest BCUT2D eigenvalue weighted by atomic mass is 9.95. The Bertz CT molecular complexity index is 476. The number of guanidine groups is 1. The standard InChI is InChI=1S/C16H28N4O3/c1-5-20(6-2)14(18-16(22)23-4)19(3)15(21)17-13-10-11-7-8-12(13)9-11/h11-13H,5-10H2,1-4H3,(H,17,21). The summed E-state index contributed by atoms with van der Waals surface area (Å²) in [5.74, 6) is 1.69. The predicted octanol–water partition coefficient (Wildman–Crippen LogP) is 2.28. The fourth-order valence-corrected chi connectivity index (χ4v) is 3.76. The Balaban J connectivity index is 2.06. The fraction of sp³-hybridized carbons (Fsp3) is 0.812. The molecule has 2 aliphatic carbocycles. The van der Waals surface area contributed by atoms with Gasteiger partial charge in [-0.05, 0) is 44.9 Å². The minimum atomic E-state index is -0.702. The minimum Gasteiger partial charge on any atom is -0.451 e. The van der Waals surface area contributed by atoms with Crippen LogP contribution in [0.2, 0.25) is 0 Å². The molecular weight excluding hydrogens is 296 g/mol. The summed E-state index contributed by atoms with van der Waals surface area (Å²) in [6.07, 6.45) is 4.10. The van der Waals surface area contributed by atoms with E-state index in [2.05, 4.69) is 15.0 Å². The first-order valence-corrected chi connectivity index (χ1v) is 8.45. The Morgan fingerprint density at radius 1 is 1.22 bits per heavy atom. The Hall–Kier alpha value is -1.79. The van der Waals surface area contributed by atoms with Crippen molar-refractivity contribution in [1.29, 1.82) is 0 Å². The van der Waals surface area contributed by atoms with E-state index in [1.807, 2.05) is 18.7 Å². The second kappa shape index (κ2) is 7.66. The van der Waals surface area contributed by atoms with Gasteiger partial charge in [0, 0.05) is 26.2 Å². The van der Waals surface area contributed by atoms with Crippen LogP contribution < -0.4 is 5.32 Å². The van der Waals surface area contributed by atoms with Gasteiger partial charge in [0.05, 0.1) is 7.11 Å². The number of carbonyl (C=O) groups excluding carboxylic acids is 2.